The molecule has 0 unspecified atom stereocenters. The largest absolute Gasteiger partial charge is 0.353 e. The van der Waals surface area contributed by atoms with Gasteiger partial charge in [-0.15, -0.1) is 0 Å². The van der Waals surface area contributed by atoms with Crippen LogP contribution in [-0.2, 0) is 11.3 Å². The predicted octanol–water partition coefficient (Wildman–Crippen LogP) is 1.70. The van der Waals surface area contributed by atoms with Gasteiger partial charge < -0.3 is 10.2 Å². The van der Waals surface area contributed by atoms with Gasteiger partial charge in [-0.05, 0) is 44.2 Å². The van der Waals surface area contributed by atoms with E-state index in [-0.39, 0.29) is 24.3 Å². The number of nitrogens with zero attached hydrogens (tertiary/aromatic N) is 4. The summed E-state index contributed by atoms with van der Waals surface area (Å²) >= 11 is 0. The number of aryl methyl sites for hydroxylation is 2. The molecule has 2 heterocycles. The highest BCUT2D eigenvalue weighted by Gasteiger charge is 2.30. The lowest BCUT2D eigenvalue weighted by Crippen LogP contribution is -2.40. The Morgan fingerprint density at radius 1 is 1.23 bits per heavy atom. The van der Waals surface area contributed by atoms with Gasteiger partial charge in [0.15, 0.2) is 0 Å². The number of rotatable bonds is 6. The van der Waals surface area contributed by atoms with E-state index >= 15 is 0 Å². The Morgan fingerprint density at radius 3 is 2.62 bits per heavy atom. The third-order valence-corrected chi connectivity index (χ3v) is 4.32. The summed E-state index contributed by atoms with van der Waals surface area (Å²) in [6.07, 6.45) is 0. The molecule has 1 aromatic carbocycles. The molecule has 1 fully saturated rings. The highest BCUT2D eigenvalue weighted by molar-refractivity contribution is 5.96. The number of carbonyl (C=O) groups is 2. The van der Waals surface area contributed by atoms with Gasteiger partial charge in [-0.2, -0.15) is 5.10 Å². The van der Waals surface area contributed by atoms with Crippen LogP contribution in [0.25, 0.3) is 0 Å². The standard InChI is InChI=1S/C18H22FN5O2/c1-13-11-14(2)24(21-13)8-7-20-17(25)12-22-9-10-23(18(22)26)16-5-3-15(19)4-6-16/h3-6,11H,7-10,12H2,1-2H3,(H,20,25). The van der Waals surface area contributed by atoms with Gasteiger partial charge in [-0.1, -0.05) is 0 Å². The molecule has 1 N–H and O–H groups in total. The average Bonchev–Trinajstić information content (AvgIpc) is 3.11. The predicted molar refractivity (Wildman–Crippen MR) is 95.4 cm³/mol. The van der Waals surface area contributed by atoms with Gasteiger partial charge in [0, 0.05) is 31.0 Å². The summed E-state index contributed by atoms with van der Waals surface area (Å²) in [5.41, 5.74) is 2.61. The van der Waals surface area contributed by atoms with Gasteiger partial charge in [-0.3, -0.25) is 14.4 Å². The molecule has 0 spiro atoms. The summed E-state index contributed by atoms with van der Waals surface area (Å²) in [5.74, 6) is -0.555. The SMILES string of the molecule is Cc1cc(C)n(CCNC(=O)CN2CCN(c3ccc(F)cc3)C2=O)n1. The molecule has 0 atom stereocenters. The highest BCUT2D eigenvalue weighted by atomic mass is 19.1. The first-order valence-corrected chi connectivity index (χ1v) is 8.54. The maximum atomic E-state index is 13.0. The van der Waals surface area contributed by atoms with Crippen molar-refractivity contribution >= 4 is 17.6 Å². The molecule has 8 heteroatoms. The summed E-state index contributed by atoms with van der Waals surface area (Å²) in [7, 11) is 0. The Morgan fingerprint density at radius 2 is 1.96 bits per heavy atom. The van der Waals surface area contributed by atoms with Crippen molar-refractivity contribution < 1.29 is 14.0 Å². The molecular weight excluding hydrogens is 337 g/mol. The normalized spacial score (nSPS) is 14.2. The average molecular weight is 359 g/mol. The summed E-state index contributed by atoms with van der Waals surface area (Å²) in [5, 5.41) is 7.15. The summed E-state index contributed by atoms with van der Waals surface area (Å²) in [6.45, 7) is 5.87. The van der Waals surface area contributed by atoms with Crippen LogP contribution in [0, 0.1) is 19.7 Å². The summed E-state index contributed by atoms with van der Waals surface area (Å²) < 4.78 is 14.9. The lowest BCUT2D eigenvalue weighted by Gasteiger charge is -2.18. The maximum absolute atomic E-state index is 13.0. The number of hydrogen-bond acceptors (Lipinski definition) is 3. The number of urea groups is 1. The van der Waals surface area contributed by atoms with Crippen LogP contribution in [-0.4, -0.2) is 52.8 Å². The van der Waals surface area contributed by atoms with Crippen molar-refractivity contribution in [3.8, 4) is 0 Å². The van der Waals surface area contributed by atoms with Gasteiger partial charge in [0.1, 0.15) is 12.4 Å². The zero-order valence-electron chi connectivity index (χ0n) is 14.9. The van der Waals surface area contributed by atoms with E-state index in [9.17, 15) is 14.0 Å². The maximum Gasteiger partial charge on any atom is 0.325 e. The van der Waals surface area contributed by atoms with Crippen molar-refractivity contribution in [2.45, 2.75) is 20.4 Å². The van der Waals surface area contributed by atoms with E-state index in [2.05, 4.69) is 10.4 Å². The molecule has 1 saturated heterocycles. The smallest absolute Gasteiger partial charge is 0.325 e. The van der Waals surface area contributed by atoms with Crippen molar-refractivity contribution in [2.24, 2.45) is 0 Å². The van der Waals surface area contributed by atoms with Gasteiger partial charge >= 0.3 is 6.03 Å². The van der Waals surface area contributed by atoms with Crippen LogP contribution >= 0.6 is 0 Å². The van der Waals surface area contributed by atoms with Gasteiger partial charge in [0.05, 0.1) is 12.2 Å². The van der Waals surface area contributed by atoms with E-state index in [1.807, 2.05) is 24.6 Å². The number of hydrogen-bond donors (Lipinski definition) is 1. The number of anilines is 1. The van der Waals surface area contributed by atoms with Crippen LogP contribution in [0.15, 0.2) is 30.3 Å². The van der Waals surface area contributed by atoms with Crippen LogP contribution in [0.3, 0.4) is 0 Å². The van der Waals surface area contributed by atoms with Gasteiger partial charge in [0.25, 0.3) is 0 Å². The minimum absolute atomic E-state index is 0.00758. The Kier molecular flexibility index (Phi) is 5.20. The third kappa shape index (κ3) is 4.01. The number of carbonyl (C=O) groups excluding carboxylic acids is 2. The first-order chi connectivity index (χ1) is 12.4. The number of aromatic nitrogens is 2. The van der Waals surface area contributed by atoms with E-state index in [1.54, 1.807) is 17.0 Å². The Labute approximate surface area is 151 Å². The third-order valence-electron chi connectivity index (χ3n) is 4.32. The number of nitrogens with one attached hydrogen (secondary N) is 1. The van der Waals surface area contributed by atoms with Crippen molar-refractivity contribution in [3.05, 3.63) is 47.5 Å². The Balaban J connectivity index is 1.48. The number of amides is 3. The molecule has 2 aromatic rings. The molecule has 138 valence electrons. The molecule has 7 nitrogen and oxygen atoms in total. The molecule has 26 heavy (non-hydrogen) atoms. The van der Waals surface area contributed by atoms with Gasteiger partial charge in [0.2, 0.25) is 5.91 Å². The highest BCUT2D eigenvalue weighted by Crippen LogP contribution is 2.20. The van der Waals surface area contributed by atoms with Gasteiger partial charge in [-0.25, -0.2) is 9.18 Å². The fourth-order valence-corrected chi connectivity index (χ4v) is 3.02. The molecule has 1 aliphatic heterocycles. The molecule has 0 aliphatic carbocycles. The minimum atomic E-state index is -0.348. The Hall–Kier alpha value is -2.90. The minimum Gasteiger partial charge on any atom is -0.353 e. The molecule has 3 rings (SSSR count). The second kappa shape index (κ2) is 7.55. The van der Waals surface area contributed by atoms with Crippen molar-refractivity contribution in [1.29, 1.82) is 0 Å². The van der Waals surface area contributed by atoms with Crippen LogP contribution in [0.5, 0.6) is 0 Å². The van der Waals surface area contributed by atoms with E-state index < -0.39 is 0 Å². The molecular formula is C18H22FN5O2. The molecule has 3 amide bonds. The first-order valence-electron chi connectivity index (χ1n) is 8.54. The molecule has 1 aromatic heterocycles. The Bertz CT molecular complexity index is 802. The van der Waals surface area contributed by atoms with Crippen LogP contribution in [0.2, 0.25) is 0 Å². The first kappa shape index (κ1) is 17.9. The fourth-order valence-electron chi connectivity index (χ4n) is 3.02. The topological polar surface area (TPSA) is 70.5 Å². The molecule has 0 radical (unpaired) electrons. The second-order valence-corrected chi connectivity index (χ2v) is 6.33. The van der Waals surface area contributed by atoms with Crippen LogP contribution in [0.4, 0.5) is 14.9 Å². The van der Waals surface area contributed by atoms with E-state index in [1.165, 1.54) is 17.0 Å². The second-order valence-electron chi connectivity index (χ2n) is 6.33. The summed E-state index contributed by atoms with van der Waals surface area (Å²) in [4.78, 5) is 27.6. The van der Waals surface area contributed by atoms with Crippen LogP contribution < -0.4 is 10.2 Å². The zero-order valence-corrected chi connectivity index (χ0v) is 14.9. The van der Waals surface area contributed by atoms with E-state index in [4.69, 9.17) is 0 Å². The molecule has 1 aliphatic rings. The zero-order chi connectivity index (χ0) is 18.7. The molecule has 0 saturated carbocycles. The number of halogens is 1. The summed E-state index contributed by atoms with van der Waals surface area (Å²) in [6, 6.07) is 7.49. The van der Waals surface area contributed by atoms with Crippen molar-refractivity contribution in [2.75, 3.05) is 31.1 Å². The fraction of sp³-hybridized carbons (Fsp3) is 0.389. The number of benzene rings is 1. The van der Waals surface area contributed by atoms with Crippen molar-refractivity contribution in [1.82, 2.24) is 20.0 Å². The lowest BCUT2D eigenvalue weighted by atomic mass is 10.3. The monoisotopic (exact) mass is 359 g/mol. The van der Waals surface area contributed by atoms with E-state index in [0.717, 1.165) is 11.4 Å². The van der Waals surface area contributed by atoms with Crippen LogP contribution in [0.1, 0.15) is 11.4 Å². The van der Waals surface area contributed by atoms with Crippen molar-refractivity contribution in [3.63, 3.8) is 0 Å². The molecule has 0 bridgehead atoms. The van der Waals surface area contributed by atoms with E-state index in [0.29, 0.717) is 31.9 Å². The quantitative estimate of drug-likeness (QED) is 0.853. The lowest BCUT2D eigenvalue weighted by molar-refractivity contribution is -0.121.